The van der Waals surface area contributed by atoms with Gasteiger partial charge in [0.25, 0.3) is 0 Å². The average Bonchev–Trinajstić information content (AvgIpc) is 2.46. The minimum atomic E-state index is -0.366. The Morgan fingerprint density at radius 2 is 1.94 bits per heavy atom. The van der Waals surface area contributed by atoms with Crippen LogP contribution in [0.2, 0.25) is 0 Å². The molecule has 1 aliphatic rings. The zero-order chi connectivity index (χ0) is 12.8. The number of ether oxygens (including phenoxy) is 2. The van der Waals surface area contributed by atoms with Crippen LogP contribution in [0.25, 0.3) is 0 Å². The first-order valence-corrected chi connectivity index (χ1v) is 6.78. The maximum absolute atomic E-state index is 9.70. The van der Waals surface area contributed by atoms with Gasteiger partial charge in [0.1, 0.15) is 5.75 Å². The summed E-state index contributed by atoms with van der Waals surface area (Å²) in [4.78, 5) is 0. The van der Waals surface area contributed by atoms with E-state index in [2.05, 4.69) is 0 Å². The van der Waals surface area contributed by atoms with Crippen LogP contribution < -0.4 is 4.74 Å². The monoisotopic (exact) mass is 250 g/mol. The summed E-state index contributed by atoms with van der Waals surface area (Å²) >= 11 is 0. The molecule has 1 fully saturated rings. The third kappa shape index (κ3) is 3.72. The van der Waals surface area contributed by atoms with Gasteiger partial charge in [-0.1, -0.05) is 19.1 Å². The molecule has 1 aromatic carbocycles. The second-order valence-corrected chi connectivity index (χ2v) is 4.86. The first-order valence-electron chi connectivity index (χ1n) is 6.78. The molecule has 1 aromatic rings. The number of aliphatic hydroxyl groups excluding tert-OH is 1. The van der Waals surface area contributed by atoms with Gasteiger partial charge < -0.3 is 14.6 Å². The van der Waals surface area contributed by atoms with Crippen molar-refractivity contribution >= 4 is 0 Å². The second kappa shape index (κ2) is 6.76. The van der Waals surface area contributed by atoms with Crippen LogP contribution in [0.4, 0.5) is 0 Å². The van der Waals surface area contributed by atoms with Crippen molar-refractivity contribution in [2.45, 2.75) is 32.3 Å². The van der Waals surface area contributed by atoms with Crippen molar-refractivity contribution in [1.29, 1.82) is 0 Å². The Hall–Kier alpha value is -1.06. The number of hydrogen-bond donors (Lipinski definition) is 1. The summed E-state index contributed by atoms with van der Waals surface area (Å²) in [6.45, 7) is 4.45. The summed E-state index contributed by atoms with van der Waals surface area (Å²) in [5.41, 5.74) is 0.955. The lowest BCUT2D eigenvalue weighted by Gasteiger charge is -2.22. The summed E-state index contributed by atoms with van der Waals surface area (Å²) < 4.78 is 11.1. The van der Waals surface area contributed by atoms with Crippen molar-refractivity contribution in [3.8, 4) is 5.75 Å². The van der Waals surface area contributed by atoms with Crippen molar-refractivity contribution < 1.29 is 14.6 Å². The molecular formula is C15H22O3. The molecular weight excluding hydrogens is 228 g/mol. The maximum atomic E-state index is 9.70. The predicted octanol–water partition coefficient (Wildman–Crippen LogP) is 2.94. The van der Waals surface area contributed by atoms with E-state index in [9.17, 15) is 5.11 Å². The fourth-order valence-corrected chi connectivity index (χ4v) is 2.15. The molecule has 0 spiro atoms. The third-order valence-electron chi connectivity index (χ3n) is 3.48. The molecule has 3 nitrogen and oxygen atoms in total. The van der Waals surface area contributed by atoms with Gasteiger partial charge in [-0.25, -0.2) is 0 Å². The summed E-state index contributed by atoms with van der Waals surface area (Å²) in [5.74, 6) is 1.49. The van der Waals surface area contributed by atoms with E-state index in [-0.39, 0.29) is 6.10 Å². The van der Waals surface area contributed by atoms with E-state index >= 15 is 0 Å². The van der Waals surface area contributed by atoms with Gasteiger partial charge >= 0.3 is 0 Å². The molecule has 0 amide bonds. The van der Waals surface area contributed by atoms with E-state index in [0.717, 1.165) is 50.4 Å². The Bertz CT molecular complexity index is 341. The summed E-state index contributed by atoms with van der Waals surface area (Å²) in [5, 5.41) is 9.70. The molecule has 1 saturated heterocycles. The van der Waals surface area contributed by atoms with Gasteiger partial charge in [-0.3, -0.25) is 0 Å². The van der Waals surface area contributed by atoms with Crippen molar-refractivity contribution in [3.63, 3.8) is 0 Å². The van der Waals surface area contributed by atoms with Gasteiger partial charge in [-0.2, -0.15) is 0 Å². The van der Waals surface area contributed by atoms with Gasteiger partial charge in [-0.05, 0) is 42.9 Å². The predicted molar refractivity (Wildman–Crippen MR) is 70.7 cm³/mol. The van der Waals surface area contributed by atoms with Crippen LogP contribution in [0.15, 0.2) is 24.3 Å². The summed E-state index contributed by atoms with van der Waals surface area (Å²) in [6.07, 6.45) is 2.55. The Balaban J connectivity index is 1.82. The minimum Gasteiger partial charge on any atom is -0.493 e. The molecule has 1 aliphatic heterocycles. The average molecular weight is 250 g/mol. The van der Waals surface area contributed by atoms with E-state index in [4.69, 9.17) is 9.47 Å². The van der Waals surface area contributed by atoms with E-state index in [1.165, 1.54) is 0 Å². The summed E-state index contributed by atoms with van der Waals surface area (Å²) in [7, 11) is 0. The minimum absolute atomic E-state index is 0.366. The van der Waals surface area contributed by atoms with Crippen molar-refractivity contribution in [2.75, 3.05) is 19.8 Å². The Labute approximate surface area is 109 Å². The molecule has 0 unspecified atom stereocenters. The zero-order valence-corrected chi connectivity index (χ0v) is 11.0. The van der Waals surface area contributed by atoms with Crippen LogP contribution in [0.1, 0.15) is 37.9 Å². The standard InChI is InChI=1S/C15H22O3/c1-2-15(16)13-3-5-14(6-4-13)18-11-12-7-9-17-10-8-12/h3-6,12,15-16H,2,7-11H2,1H3/t15-/m0/s1. The molecule has 1 N–H and O–H groups in total. The molecule has 0 aliphatic carbocycles. The first-order chi connectivity index (χ1) is 8.79. The van der Waals surface area contributed by atoms with Gasteiger partial charge in [0.05, 0.1) is 12.7 Å². The maximum Gasteiger partial charge on any atom is 0.119 e. The van der Waals surface area contributed by atoms with Crippen LogP contribution in [0.5, 0.6) is 5.75 Å². The molecule has 0 saturated carbocycles. The summed E-state index contributed by atoms with van der Waals surface area (Å²) in [6, 6.07) is 7.75. The van der Waals surface area contributed by atoms with E-state index in [1.807, 2.05) is 31.2 Å². The van der Waals surface area contributed by atoms with Gasteiger partial charge in [0, 0.05) is 13.2 Å². The fourth-order valence-electron chi connectivity index (χ4n) is 2.15. The molecule has 18 heavy (non-hydrogen) atoms. The fraction of sp³-hybridized carbons (Fsp3) is 0.600. The lowest BCUT2D eigenvalue weighted by molar-refractivity contribution is 0.0497. The highest BCUT2D eigenvalue weighted by Crippen LogP contribution is 2.21. The topological polar surface area (TPSA) is 38.7 Å². The van der Waals surface area contributed by atoms with Crippen molar-refractivity contribution in [1.82, 2.24) is 0 Å². The van der Waals surface area contributed by atoms with E-state index in [1.54, 1.807) is 0 Å². The molecule has 0 radical (unpaired) electrons. The van der Waals surface area contributed by atoms with Crippen molar-refractivity contribution in [3.05, 3.63) is 29.8 Å². The SMILES string of the molecule is CC[C@H](O)c1ccc(OCC2CCOCC2)cc1. The second-order valence-electron chi connectivity index (χ2n) is 4.86. The Kier molecular flexibility index (Phi) is 5.02. The lowest BCUT2D eigenvalue weighted by atomic mass is 10.0. The van der Waals surface area contributed by atoms with Crippen LogP contribution >= 0.6 is 0 Å². The van der Waals surface area contributed by atoms with Crippen LogP contribution in [-0.2, 0) is 4.74 Å². The highest BCUT2D eigenvalue weighted by molar-refractivity contribution is 5.28. The number of aliphatic hydroxyl groups is 1. The van der Waals surface area contributed by atoms with Gasteiger partial charge in [-0.15, -0.1) is 0 Å². The highest BCUT2D eigenvalue weighted by Gasteiger charge is 2.14. The van der Waals surface area contributed by atoms with Crippen LogP contribution in [-0.4, -0.2) is 24.9 Å². The largest absolute Gasteiger partial charge is 0.493 e. The third-order valence-corrected chi connectivity index (χ3v) is 3.48. The van der Waals surface area contributed by atoms with Crippen molar-refractivity contribution in [2.24, 2.45) is 5.92 Å². The molecule has 1 atom stereocenters. The molecule has 100 valence electrons. The smallest absolute Gasteiger partial charge is 0.119 e. The van der Waals surface area contributed by atoms with Crippen LogP contribution in [0, 0.1) is 5.92 Å². The molecule has 0 aromatic heterocycles. The van der Waals surface area contributed by atoms with Gasteiger partial charge in [0.15, 0.2) is 0 Å². The quantitative estimate of drug-likeness (QED) is 0.873. The number of rotatable bonds is 5. The highest BCUT2D eigenvalue weighted by atomic mass is 16.5. The molecule has 1 heterocycles. The van der Waals surface area contributed by atoms with Crippen LogP contribution in [0.3, 0.4) is 0 Å². The lowest BCUT2D eigenvalue weighted by Crippen LogP contribution is -2.21. The first kappa shape index (κ1) is 13.4. The zero-order valence-electron chi connectivity index (χ0n) is 11.0. The number of benzene rings is 1. The van der Waals surface area contributed by atoms with E-state index in [0.29, 0.717) is 5.92 Å². The molecule has 3 heteroatoms. The molecule has 2 rings (SSSR count). The Morgan fingerprint density at radius 1 is 1.28 bits per heavy atom. The van der Waals surface area contributed by atoms with Gasteiger partial charge in [0.2, 0.25) is 0 Å². The number of hydrogen-bond acceptors (Lipinski definition) is 3. The molecule has 0 bridgehead atoms. The normalized spacial score (nSPS) is 18.6. The van der Waals surface area contributed by atoms with E-state index < -0.39 is 0 Å². The Morgan fingerprint density at radius 3 is 2.56 bits per heavy atom.